The molecule has 2 atom stereocenters. The third-order valence-corrected chi connectivity index (χ3v) is 4.43. The number of halogens is 1. The molecular formula is C11H20IN3. The van der Waals surface area contributed by atoms with Gasteiger partial charge >= 0.3 is 0 Å². The van der Waals surface area contributed by atoms with Gasteiger partial charge in [0.1, 0.15) is 0 Å². The quantitative estimate of drug-likeness (QED) is 0.596. The van der Waals surface area contributed by atoms with Crippen molar-refractivity contribution in [2.45, 2.75) is 33.7 Å². The summed E-state index contributed by atoms with van der Waals surface area (Å²) in [6, 6.07) is -0.166. The number of nitrogens with two attached hydrogens (primary N) is 3. The van der Waals surface area contributed by atoms with Gasteiger partial charge in [-0.1, -0.05) is 20.8 Å². The molecule has 86 valence electrons. The van der Waals surface area contributed by atoms with Crippen LogP contribution in [-0.2, 0) is 0 Å². The third-order valence-electron chi connectivity index (χ3n) is 3.00. The Morgan fingerprint density at radius 2 is 1.60 bits per heavy atom. The highest BCUT2D eigenvalue weighted by molar-refractivity contribution is 14.1. The average Bonchev–Trinajstić information content (AvgIpc) is 2.09. The summed E-state index contributed by atoms with van der Waals surface area (Å²) in [5.74, 6) is 0.121. The van der Waals surface area contributed by atoms with Crippen molar-refractivity contribution < 1.29 is 0 Å². The molecule has 6 N–H and O–H groups in total. The van der Waals surface area contributed by atoms with Gasteiger partial charge in [-0.25, -0.2) is 0 Å². The van der Waals surface area contributed by atoms with Crippen LogP contribution in [0.5, 0.6) is 0 Å². The maximum atomic E-state index is 6.16. The monoisotopic (exact) mass is 321 g/mol. The molecule has 0 spiro atoms. The average molecular weight is 321 g/mol. The van der Waals surface area contributed by atoms with E-state index in [4.69, 9.17) is 17.2 Å². The maximum absolute atomic E-state index is 6.16. The van der Waals surface area contributed by atoms with Crippen LogP contribution in [-0.4, -0.2) is 6.04 Å². The van der Waals surface area contributed by atoms with E-state index in [1.54, 1.807) is 0 Å². The van der Waals surface area contributed by atoms with Gasteiger partial charge in [-0.2, -0.15) is 0 Å². The Balaban J connectivity index is 3.27. The lowest BCUT2D eigenvalue weighted by atomic mass is 9.71. The zero-order chi connectivity index (χ0) is 12.0. The van der Waals surface area contributed by atoms with Gasteiger partial charge in [-0.3, -0.25) is 0 Å². The first kappa shape index (κ1) is 12.8. The highest BCUT2D eigenvalue weighted by Crippen LogP contribution is 2.41. The van der Waals surface area contributed by atoms with Gasteiger partial charge in [-0.05, 0) is 40.5 Å². The van der Waals surface area contributed by atoms with E-state index >= 15 is 0 Å². The second kappa shape index (κ2) is 3.97. The van der Waals surface area contributed by atoms with Crippen molar-refractivity contribution in [3.8, 4) is 0 Å². The van der Waals surface area contributed by atoms with Gasteiger partial charge in [0.15, 0.2) is 0 Å². The van der Waals surface area contributed by atoms with Crippen LogP contribution in [0.2, 0.25) is 0 Å². The van der Waals surface area contributed by atoms with Gasteiger partial charge in [-0.15, -0.1) is 0 Å². The lowest BCUT2D eigenvalue weighted by molar-refractivity contribution is 0.247. The Morgan fingerprint density at radius 1 is 1.13 bits per heavy atom. The summed E-state index contributed by atoms with van der Waals surface area (Å²) in [7, 11) is 0. The Bertz CT molecular complexity index is 336. The fourth-order valence-electron chi connectivity index (χ4n) is 2.10. The van der Waals surface area contributed by atoms with Gasteiger partial charge in [0.05, 0.1) is 6.04 Å². The molecule has 0 heterocycles. The van der Waals surface area contributed by atoms with Crippen LogP contribution in [0.1, 0.15) is 27.7 Å². The topological polar surface area (TPSA) is 78.1 Å². The van der Waals surface area contributed by atoms with Gasteiger partial charge in [0, 0.05) is 20.9 Å². The largest absolute Gasteiger partial charge is 0.401 e. The van der Waals surface area contributed by atoms with Crippen LogP contribution in [0.3, 0.4) is 0 Å². The molecule has 2 unspecified atom stereocenters. The summed E-state index contributed by atoms with van der Waals surface area (Å²) < 4.78 is 1.01. The molecule has 0 amide bonds. The maximum Gasteiger partial charge on any atom is 0.0542 e. The minimum Gasteiger partial charge on any atom is -0.401 e. The Labute approximate surface area is 105 Å². The summed E-state index contributed by atoms with van der Waals surface area (Å²) >= 11 is 2.21. The van der Waals surface area contributed by atoms with Crippen LogP contribution in [0.25, 0.3) is 0 Å². The Hall–Kier alpha value is -0.230. The van der Waals surface area contributed by atoms with Gasteiger partial charge in [0.2, 0.25) is 0 Å². The molecule has 0 aromatic rings. The lowest BCUT2D eigenvalue weighted by Crippen LogP contribution is -2.47. The standard InChI is InChI=1S/C11H20IN3/c1-5-7(12)10(15)9(14)6(8(5)13)11(2,3)4/h6,9H,13-15H2,1-4H3. The Morgan fingerprint density at radius 3 is 2.00 bits per heavy atom. The van der Waals surface area contributed by atoms with Crippen molar-refractivity contribution in [2.24, 2.45) is 28.5 Å². The van der Waals surface area contributed by atoms with Crippen molar-refractivity contribution >= 4 is 22.6 Å². The fraction of sp³-hybridized carbons (Fsp3) is 0.636. The van der Waals surface area contributed by atoms with E-state index < -0.39 is 0 Å². The molecule has 0 saturated heterocycles. The minimum absolute atomic E-state index is 0.0344. The van der Waals surface area contributed by atoms with E-state index in [1.807, 2.05) is 6.92 Å². The predicted molar refractivity (Wildman–Crippen MR) is 73.0 cm³/mol. The second-order valence-electron chi connectivity index (χ2n) is 5.22. The SMILES string of the molecule is CC1=C(N)C(C(C)(C)C)C(N)C(N)=C1I. The first-order valence-electron chi connectivity index (χ1n) is 5.05. The molecular weight excluding hydrogens is 301 g/mol. The second-order valence-corrected chi connectivity index (χ2v) is 6.30. The van der Waals surface area contributed by atoms with Crippen LogP contribution in [0, 0.1) is 11.3 Å². The molecule has 0 bridgehead atoms. The Kier molecular flexibility index (Phi) is 3.40. The predicted octanol–water partition coefficient (Wildman–Crippen LogP) is 1.83. The molecule has 0 fully saturated rings. The molecule has 15 heavy (non-hydrogen) atoms. The molecule has 0 aliphatic heterocycles. The van der Waals surface area contributed by atoms with Crippen LogP contribution >= 0.6 is 22.6 Å². The molecule has 0 aromatic carbocycles. The molecule has 0 saturated carbocycles. The van der Waals surface area contributed by atoms with Gasteiger partial charge < -0.3 is 17.2 Å². The zero-order valence-electron chi connectivity index (χ0n) is 9.76. The van der Waals surface area contributed by atoms with Crippen LogP contribution in [0.4, 0.5) is 0 Å². The molecule has 1 aliphatic rings. The number of rotatable bonds is 0. The number of hydrogen-bond donors (Lipinski definition) is 3. The van der Waals surface area contributed by atoms with Crippen molar-refractivity contribution in [3.05, 3.63) is 20.5 Å². The van der Waals surface area contributed by atoms with E-state index in [-0.39, 0.29) is 17.4 Å². The van der Waals surface area contributed by atoms with Crippen molar-refractivity contribution in [1.82, 2.24) is 0 Å². The molecule has 0 radical (unpaired) electrons. The first-order chi connectivity index (χ1) is 6.68. The van der Waals surface area contributed by atoms with E-state index in [1.165, 1.54) is 0 Å². The smallest absolute Gasteiger partial charge is 0.0542 e. The van der Waals surface area contributed by atoms with Crippen molar-refractivity contribution in [3.63, 3.8) is 0 Å². The third kappa shape index (κ3) is 2.15. The zero-order valence-corrected chi connectivity index (χ0v) is 11.9. The molecule has 0 aromatic heterocycles. The summed E-state index contributed by atoms with van der Waals surface area (Å²) in [6.07, 6.45) is 0. The minimum atomic E-state index is -0.166. The highest BCUT2D eigenvalue weighted by atomic mass is 127. The van der Waals surface area contributed by atoms with E-state index in [0.717, 1.165) is 20.5 Å². The van der Waals surface area contributed by atoms with Gasteiger partial charge in [0.25, 0.3) is 0 Å². The molecule has 1 aliphatic carbocycles. The van der Waals surface area contributed by atoms with Crippen LogP contribution in [0.15, 0.2) is 20.5 Å². The van der Waals surface area contributed by atoms with E-state index in [2.05, 4.69) is 43.4 Å². The van der Waals surface area contributed by atoms with Crippen molar-refractivity contribution in [2.75, 3.05) is 0 Å². The summed E-state index contributed by atoms with van der Waals surface area (Å²) in [4.78, 5) is 0. The molecule has 4 heteroatoms. The van der Waals surface area contributed by atoms with Crippen LogP contribution < -0.4 is 17.2 Å². The fourth-order valence-corrected chi connectivity index (χ4v) is 2.77. The van der Waals surface area contributed by atoms with E-state index in [9.17, 15) is 0 Å². The number of allylic oxidation sites excluding steroid dienone is 2. The summed E-state index contributed by atoms with van der Waals surface area (Å²) in [6.45, 7) is 8.43. The molecule has 3 nitrogen and oxygen atoms in total. The van der Waals surface area contributed by atoms with E-state index in [0.29, 0.717) is 0 Å². The normalized spacial score (nSPS) is 28.7. The molecule has 1 rings (SSSR count). The first-order valence-corrected chi connectivity index (χ1v) is 6.13. The van der Waals surface area contributed by atoms with Crippen molar-refractivity contribution in [1.29, 1.82) is 0 Å². The summed E-state index contributed by atoms with van der Waals surface area (Å²) in [5.41, 5.74) is 21.1. The number of hydrogen-bond acceptors (Lipinski definition) is 3. The summed E-state index contributed by atoms with van der Waals surface area (Å²) in [5, 5.41) is 0. The highest BCUT2D eigenvalue weighted by Gasteiger charge is 2.38. The lowest BCUT2D eigenvalue weighted by Gasteiger charge is -2.39.